The van der Waals surface area contributed by atoms with Gasteiger partial charge >= 0.3 is 0 Å². The average molecular weight is 257 g/mol. The lowest BCUT2D eigenvalue weighted by Crippen LogP contribution is -2.25. The van der Waals surface area contributed by atoms with E-state index in [1.165, 1.54) is 24.0 Å². The topological polar surface area (TPSA) is 54.5 Å². The fourth-order valence-corrected chi connectivity index (χ4v) is 2.74. The van der Waals surface area contributed by atoms with Crippen LogP contribution >= 0.6 is 0 Å². The Kier molecular flexibility index (Phi) is 2.69. The molecular weight excluding hydrogens is 245 g/mol. The summed E-state index contributed by atoms with van der Waals surface area (Å²) >= 11 is 0. The van der Waals surface area contributed by atoms with Gasteiger partial charge in [-0.25, -0.2) is 12.8 Å². The second kappa shape index (κ2) is 3.80. The molecule has 0 spiro atoms. The van der Waals surface area contributed by atoms with Crippen molar-refractivity contribution < 1.29 is 17.6 Å². The Hall–Kier alpha value is -1.43. The number of nitrogens with zero attached hydrogens (tertiary/aromatic N) is 1. The van der Waals surface area contributed by atoms with Crippen molar-refractivity contribution in [1.29, 1.82) is 0 Å². The van der Waals surface area contributed by atoms with Crippen molar-refractivity contribution in [2.24, 2.45) is 0 Å². The Bertz CT molecular complexity index is 595. The molecule has 1 aromatic carbocycles. The smallest absolute Gasteiger partial charge is 0.223 e. The van der Waals surface area contributed by atoms with Crippen molar-refractivity contribution in [3.8, 4) is 0 Å². The van der Waals surface area contributed by atoms with Gasteiger partial charge in [0, 0.05) is 25.4 Å². The molecule has 4 nitrogen and oxygen atoms in total. The molecule has 1 aliphatic heterocycles. The molecule has 1 aliphatic rings. The van der Waals surface area contributed by atoms with Gasteiger partial charge in [0.1, 0.15) is 10.7 Å². The zero-order valence-electron chi connectivity index (χ0n) is 9.53. The van der Waals surface area contributed by atoms with Crippen LogP contribution in [-0.2, 0) is 21.1 Å². The highest BCUT2D eigenvalue weighted by Gasteiger charge is 2.26. The van der Waals surface area contributed by atoms with Crippen LogP contribution in [0.25, 0.3) is 0 Å². The van der Waals surface area contributed by atoms with Gasteiger partial charge in [-0.05, 0) is 24.1 Å². The van der Waals surface area contributed by atoms with Crippen LogP contribution in [0.15, 0.2) is 17.0 Å². The van der Waals surface area contributed by atoms with Gasteiger partial charge in [-0.1, -0.05) is 0 Å². The SMILES string of the molecule is CC(=O)N1CCc2cc(F)c(S(C)(=O)=O)cc21. The van der Waals surface area contributed by atoms with Crippen molar-refractivity contribution >= 4 is 21.4 Å². The maximum atomic E-state index is 13.6. The average Bonchev–Trinajstić information content (AvgIpc) is 2.57. The molecule has 0 fully saturated rings. The van der Waals surface area contributed by atoms with Gasteiger partial charge in [-0.2, -0.15) is 0 Å². The van der Waals surface area contributed by atoms with Crippen molar-refractivity contribution in [3.05, 3.63) is 23.5 Å². The van der Waals surface area contributed by atoms with Gasteiger partial charge in [0.15, 0.2) is 9.84 Å². The standard InChI is InChI=1S/C11H12FNO3S/c1-7(14)13-4-3-8-5-9(12)11(6-10(8)13)17(2,15)16/h5-6H,3-4H2,1-2H3. The van der Waals surface area contributed by atoms with Crippen molar-refractivity contribution in [2.45, 2.75) is 18.2 Å². The summed E-state index contributed by atoms with van der Waals surface area (Å²) in [4.78, 5) is 12.4. The van der Waals surface area contributed by atoms with E-state index >= 15 is 0 Å². The first-order valence-corrected chi connectivity index (χ1v) is 7.00. The normalized spacial score (nSPS) is 14.9. The van der Waals surface area contributed by atoms with Crippen molar-refractivity contribution in [2.75, 3.05) is 17.7 Å². The number of halogens is 1. The third kappa shape index (κ3) is 2.04. The molecule has 0 N–H and O–H groups in total. The summed E-state index contributed by atoms with van der Waals surface area (Å²) in [6.45, 7) is 1.87. The number of sulfone groups is 1. The number of benzene rings is 1. The molecule has 0 unspecified atom stereocenters. The van der Waals surface area contributed by atoms with Crippen molar-refractivity contribution in [1.82, 2.24) is 0 Å². The monoisotopic (exact) mass is 257 g/mol. The van der Waals surface area contributed by atoms with Crippen LogP contribution in [0, 0.1) is 5.82 Å². The van der Waals surface area contributed by atoms with Crippen LogP contribution < -0.4 is 4.90 Å². The zero-order chi connectivity index (χ0) is 12.8. The largest absolute Gasteiger partial charge is 0.312 e. The minimum absolute atomic E-state index is 0.171. The minimum atomic E-state index is -3.62. The first-order valence-electron chi connectivity index (χ1n) is 5.11. The molecule has 0 saturated heterocycles. The van der Waals surface area contributed by atoms with E-state index in [0.29, 0.717) is 24.2 Å². The summed E-state index contributed by atoms with van der Waals surface area (Å²) in [7, 11) is -3.62. The van der Waals surface area contributed by atoms with E-state index in [1.54, 1.807) is 0 Å². The fourth-order valence-electron chi connectivity index (χ4n) is 2.00. The van der Waals surface area contributed by atoms with Gasteiger partial charge in [0.25, 0.3) is 0 Å². The summed E-state index contributed by atoms with van der Waals surface area (Å²) in [5.41, 5.74) is 1.17. The van der Waals surface area contributed by atoms with E-state index in [2.05, 4.69) is 0 Å². The fraction of sp³-hybridized carbons (Fsp3) is 0.364. The zero-order valence-corrected chi connectivity index (χ0v) is 10.3. The molecule has 17 heavy (non-hydrogen) atoms. The van der Waals surface area contributed by atoms with Crippen LogP contribution in [0.5, 0.6) is 0 Å². The number of carbonyl (C=O) groups is 1. The van der Waals surface area contributed by atoms with Gasteiger partial charge in [0.05, 0.1) is 0 Å². The van der Waals surface area contributed by atoms with Crippen LogP contribution in [0.1, 0.15) is 12.5 Å². The van der Waals surface area contributed by atoms with Gasteiger partial charge < -0.3 is 4.90 Å². The quantitative estimate of drug-likeness (QED) is 0.758. The molecule has 0 aromatic heterocycles. The summed E-state index contributed by atoms with van der Waals surface area (Å²) in [6, 6.07) is 2.45. The number of hydrogen-bond donors (Lipinski definition) is 0. The first-order chi connectivity index (χ1) is 7.80. The van der Waals surface area contributed by atoms with Gasteiger partial charge in [-0.3, -0.25) is 4.79 Å². The molecule has 0 atom stereocenters. The molecule has 0 aliphatic carbocycles. The number of fused-ring (bicyclic) bond motifs is 1. The van der Waals surface area contributed by atoms with Crippen molar-refractivity contribution in [3.63, 3.8) is 0 Å². The number of hydrogen-bond acceptors (Lipinski definition) is 3. The molecule has 1 heterocycles. The van der Waals surface area contributed by atoms with Gasteiger partial charge in [-0.15, -0.1) is 0 Å². The third-order valence-electron chi connectivity index (χ3n) is 2.81. The van der Waals surface area contributed by atoms with E-state index in [9.17, 15) is 17.6 Å². The Balaban J connectivity index is 2.63. The van der Waals surface area contributed by atoms with Crippen LogP contribution in [0.3, 0.4) is 0 Å². The predicted molar refractivity (Wildman–Crippen MR) is 61.2 cm³/mol. The maximum Gasteiger partial charge on any atom is 0.223 e. The van der Waals surface area contributed by atoms with E-state index in [0.717, 1.165) is 6.26 Å². The lowest BCUT2D eigenvalue weighted by molar-refractivity contribution is -0.116. The molecule has 0 saturated carbocycles. The number of carbonyl (C=O) groups excluding carboxylic acids is 1. The second-order valence-corrected chi connectivity index (χ2v) is 6.09. The van der Waals surface area contributed by atoms with Crippen LogP contribution in [0.2, 0.25) is 0 Å². The molecule has 1 amide bonds. The predicted octanol–water partition coefficient (Wildman–Crippen LogP) is 1.14. The minimum Gasteiger partial charge on any atom is -0.312 e. The first kappa shape index (κ1) is 12.0. The van der Waals surface area contributed by atoms with E-state index in [4.69, 9.17) is 0 Å². The molecular formula is C11H12FNO3S. The number of amides is 1. The van der Waals surface area contributed by atoms with E-state index < -0.39 is 15.7 Å². The summed E-state index contributed by atoms with van der Waals surface area (Å²) in [5.74, 6) is -0.925. The second-order valence-electron chi connectivity index (χ2n) is 4.10. The van der Waals surface area contributed by atoms with Crippen LogP contribution in [0.4, 0.5) is 10.1 Å². The third-order valence-corrected chi connectivity index (χ3v) is 3.92. The Labute approximate surface area is 99.0 Å². The van der Waals surface area contributed by atoms with E-state index in [1.807, 2.05) is 0 Å². The molecule has 6 heteroatoms. The molecule has 0 bridgehead atoms. The lowest BCUT2D eigenvalue weighted by atomic mass is 10.1. The summed E-state index contributed by atoms with van der Waals surface area (Å²) < 4.78 is 36.4. The highest BCUT2D eigenvalue weighted by Crippen LogP contribution is 2.32. The maximum absolute atomic E-state index is 13.6. The number of rotatable bonds is 1. The molecule has 0 radical (unpaired) electrons. The van der Waals surface area contributed by atoms with Gasteiger partial charge in [0.2, 0.25) is 5.91 Å². The Morgan fingerprint density at radius 1 is 1.41 bits per heavy atom. The Morgan fingerprint density at radius 3 is 2.59 bits per heavy atom. The molecule has 1 aromatic rings. The van der Waals surface area contributed by atoms with E-state index in [-0.39, 0.29) is 10.8 Å². The Morgan fingerprint density at radius 2 is 2.06 bits per heavy atom. The molecule has 92 valence electrons. The summed E-state index contributed by atoms with van der Waals surface area (Å²) in [6.07, 6.45) is 1.50. The highest BCUT2D eigenvalue weighted by atomic mass is 32.2. The van der Waals surface area contributed by atoms with Crippen LogP contribution in [-0.4, -0.2) is 27.1 Å². The number of anilines is 1. The molecule has 2 rings (SSSR count). The lowest BCUT2D eigenvalue weighted by Gasteiger charge is -2.15. The highest BCUT2D eigenvalue weighted by molar-refractivity contribution is 7.90. The summed E-state index contributed by atoms with van der Waals surface area (Å²) in [5, 5.41) is 0.